The van der Waals surface area contributed by atoms with Gasteiger partial charge in [-0.2, -0.15) is 0 Å². The van der Waals surface area contributed by atoms with Crippen LogP contribution in [0.25, 0.3) is 0 Å². The number of carbonyl (C=O) groups excluding carboxylic acids is 2. The minimum absolute atomic E-state index is 0.139. The van der Waals surface area contributed by atoms with Crippen molar-refractivity contribution in [1.82, 2.24) is 5.32 Å². The molecule has 4 nitrogen and oxygen atoms in total. The standard InChI is InChI=1S/C12H20N2O2/c1-4-5-6-7-10(12(13)16)14-11(15)8-9(2)3/h1,9-10H,5-8H2,2-3H3,(H2,13,16)(H,14,15)/t10-/m1/s1. The van der Waals surface area contributed by atoms with Crippen molar-refractivity contribution in [2.75, 3.05) is 0 Å². The maximum absolute atomic E-state index is 11.4. The third kappa shape index (κ3) is 6.88. The Balaban J connectivity index is 4.08. The van der Waals surface area contributed by atoms with E-state index in [9.17, 15) is 9.59 Å². The number of rotatable bonds is 7. The third-order valence-corrected chi connectivity index (χ3v) is 2.09. The Morgan fingerprint density at radius 3 is 2.50 bits per heavy atom. The molecule has 0 spiro atoms. The average molecular weight is 224 g/mol. The molecule has 0 aliphatic carbocycles. The molecule has 0 saturated carbocycles. The zero-order valence-electron chi connectivity index (χ0n) is 9.95. The summed E-state index contributed by atoms with van der Waals surface area (Å²) in [5.41, 5.74) is 5.19. The van der Waals surface area contributed by atoms with Gasteiger partial charge in [0.05, 0.1) is 0 Å². The summed E-state index contributed by atoms with van der Waals surface area (Å²) in [6.07, 6.45) is 7.28. The first kappa shape index (κ1) is 14.5. The van der Waals surface area contributed by atoms with Gasteiger partial charge in [-0.25, -0.2) is 0 Å². The van der Waals surface area contributed by atoms with Crippen LogP contribution < -0.4 is 11.1 Å². The summed E-state index contributed by atoms with van der Waals surface area (Å²) in [6.45, 7) is 3.88. The van der Waals surface area contributed by atoms with E-state index in [0.717, 1.165) is 0 Å². The van der Waals surface area contributed by atoms with Crippen molar-refractivity contribution in [3.8, 4) is 12.3 Å². The topological polar surface area (TPSA) is 72.2 Å². The smallest absolute Gasteiger partial charge is 0.240 e. The van der Waals surface area contributed by atoms with Crippen molar-refractivity contribution >= 4 is 11.8 Å². The summed E-state index contributed by atoms with van der Waals surface area (Å²) in [6, 6.07) is -0.598. The second-order valence-electron chi connectivity index (χ2n) is 4.22. The van der Waals surface area contributed by atoms with Gasteiger partial charge in [-0.3, -0.25) is 9.59 Å². The van der Waals surface area contributed by atoms with Gasteiger partial charge in [0.2, 0.25) is 11.8 Å². The molecule has 0 aromatic heterocycles. The van der Waals surface area contributed by atoms with Crippen LogP contribution in [0.5, 0.6) is 0 Å². The Morgan fingerprint density at radius 2 is 2.06 bits per heavy atom. The van der Waals surface area contributed by atoms with E-state index < -0.39 is 11.9 Å². The van der Waals surface area contributed by atoms with E-state index in [-0.39, 0.29) is 11.8 Å². The van der Waals surface area contributed by atoms with Crippen LogP contribution in [-0.2, 0) is 9.59 Å². The molecule has 2 amide bonds. The Hall–Kier alpha value is -1.50. The lowest BCUT2D eigenvalue weighted by atomic mass is 10.1. The highest BCUT2D eigenvalue weighted by atomic mass is 16.2. The summed E-state index contributed by atoms with van der Waals surface area (Å²) in [7, 11) is 0. The lowest BCUT2D eigenvalue weighted by Crippen LogP contribution is -2.44. The number of hydrogen-bond acceptors (Lipinski definition) is 2. The Kier molecular flexibility index (Phi) is 7.02. The molecule has 0 aromatic carbocycles. The molecule has 3 N–H and O–H groups in total. The number of amides is 2. The molecule has 0 radical (unpaired) electrons. The largest absolute Gasteiger partial charge is 0.368 e. The molecule has 90 valence electrons. The average Bonchev–Trinajstić information content (AvgIpc) is 2.15. The fourth-order valence-corrected chi connectivity index (χ4v) is 1.32. The predicted octanol–water partition coefficient (Wildman–Crippen LogP) is 0.806. The molecule has 0 aromatic rings. The van der Waals surface area contributed by atoms with Gasteiger partial charge in [-0.15, -0.1) is 12.3 Å². The quantitative estimate of drug-likeness (QED) is 0.496. The van der Waals surface area contributed by atoms with Crippen molar-refractivity contribution < 1.29 is 9.59 Å². The lowest BCUT2D eigenvalue weighted by Gasteiger charge is -2.15. The second-order valence-corrected chi connectivity index (χ2v) is 4.22. The van der Waals surface area contributed by atoms with Crippen LogP contribution in [0.15, 0.2) is 0 Å². The van der Waals surface area contributed by atoms with E-state index in [1.807, 2.05) is 13.8 Å². The van der Waals surface area contributed by atoms with E-state index in [1.54, 1.807) is 0 Å². The molecule has 0 bridgehead atoms. The van der Waals surface area contributed by atoms with Crippen LogP contribution in [0.4, 0.5) is 0 Å². The van der Waals surface area contributed by atoms with Crippen molar-refractivity contribution in [3.63, 3.8) is 0 Å². The SMILES string of the molecule is C#CCCC[C@@H](NC(=O)CC(C)C)C(N)=O. The van der Waals surface area contributed by atoms with E-state index in [2.05, 4.69) is 11.2 Å². The number of hydrogen-bond donors (Lipinski definition) is 2. The van der Waals surface area contributed by atoms with Gasteiger partial charge < -0.3 is 11.1 Å². The highest BCUT2D eigenvalue weighted by Crippen LogP contribution is 2.03. The van der Waals surface area contributed by atoms with Crippen LogP contribution in [0, 0.1) is 18.3 Å². The van der Waals surface area contributed by atoms with E-state index in [4.69, 9.17) is 12.2 Å². The van der Waals surface area contributed by atoms with Crippen molar-refractivity contribution in [1.29, 1.82) is 0 Å². The predicted molar refractivity (Wildman–Crippen MR) is 63.3 cm³/mol. The molecular formula is C12H20N2O2. The van der Waals surface area contributed by atoms with Gasteiger partial charge in [0.25, 0.3) is 0 Å². The first-order valence-electron chi connectivity index (χ1n) is 5.49. The Bertz CT molecular complexity index is 279. The lowest BCUT2D eigenvalue weighted by molar-refractivity contribution is -0.128. The van der Waals surface area contributed by atoms with Crippen molar-refractivity contribution in [2.24, 2.45) is 11.7 Å². The van der Waals surface area contributed by atoms with Crippen molar-refractivity contribution in [2.45, 2.75) is 45.6 Å². The van der Waals surface area contributed by atoms with E-state index in [0.29, 0.717) is 25.7 Å². The fourth-order valence-electron chi connectivity index (χ4n) is 1.32. The number of carbonyl (C=O) groups is 2. The molecule has 0 rings (SSSR count). The summed E-state index contributed by atoms with van der Waals surface area (Å²) in [5, 5.41) is 2.62. The van der Waals surface area contributed by atoms with Crippen molar-refractivity contribution in [3.05, 3.63) is 0 Å². The van der Waals surface area contributed by atoms with Gasteiger partial charge in [0, 0.05) is 12.8 Å². The molecule has 16 heavy (non-hydrogen) atoms. The number of primary amides is 1. The van der Waals surface area contributed by atoms with Crippen LogP contribution in [0.1, 0.15) is 39.5 Å². The molecule has 0 unspecified atom stereocenters. The molecular weight excluding hydrogens is 204 g/mol. The summed E-state index contributed by atoms with van der Waals surface area (Å²) >= 11 is 0. The fraction of sp³-hybridized carbons (Fsp3) is 0.667. The van der Waals surface area contributed by atoms with Crippen LogP contribution in [0.2, 0.25) is 0 Å². The Morgan fingerprint density at radius 1 is 1.44 bits per heavy atom. The molecule has 0 aliphatic heterocycles. The zero-order valence-corrected chi connectivity index (χ0v) is 9.95. The highest BCUT2D eigenvalue weighted by Gasteiger charge is 2.17. The number of unbranched alkanes of at least 4 members (excludes halogenated alkanes) is 1. The van der Waals surface area contributed by atoms with Crippen LogP contribution in [0.3, 0.4) is 0 Å². The van der Waals surface area contributed by atoms with Crippen LogP contribution >= 0.6 is 0 Å². The summed E-state index contributed by atoms with van der Waals surface area (Å²) in [5.74, 6) is 2.10. The molecule has 1 atom stereocenters. The monoisotopic (exact) mass is 224 g/mol. The first-order valence-corrected chi connectivity index (χ1v) is 5.49. The minimum atomic E-state index is -0.598. The Labute approximate surface area is 97.0 Å². The van der Waals surface area contributed by atoms with Gasteiger partial charge in [-0.05, 0) is 18.8 Å². The molecule has 4 heteroatoms. The minimum Gasteiger partial charge on any atom is -0.368 e. The molecule has 0 heterocycles. The normalized spacial score (nSPS) is 11.9. The van der Waals surface area contributed by atoms with Gasteiger partial charge in [0.1, 0.15) is 6.04 Å². The van der Waals surface area contributed by atoms with E-state index >= 15 is 0 Å². The molecule has 0 aliphatic rings. The van der Waals surface area contributed by atoms with Gasteiger partial charge in [-0.1, -0.05) is 13.8 Å². The van der Waals surface area contributed by atoms with E-state index in [1.165, 1.54) is 0 Å². The van der Waals surface area contributed by atoms with Gasteiger partial charge >= 0.3 is 0 Å². The van der Waals surface area contributed by atoms with Gasteiger partial charge in [0.15, 0.2) is 0 Å². The van der Waals surface area contributed by atoms with Crippen LogP contribution in [-0.4, -0.2) is 17.9 Å². The summed E-state index contributed by atoms with van der Waals surface area (Å²) < 4.78 is 0. The molecule has 0 saturated heterocycles. The highest BCUT2D eigenvalue weighted by molar-refractivity contribution is 5.86. The second kappa shape index (κ2) is 7.75. The third-order valence-electron chi connectivity index (χ3n) is 2.09. The number of nitrogens with one attached hydrogen (secondary N) is 1. The number of terminal acetylenes is 1. The molecule has 0 fully saturated rings. The first-order chi connectivity index (χ1) is 7.47. The summed E-state index contributed by atoms with van der Waals surface area (Å²) in [4.78, 5) is 22.5. The maximum Gasteiger partial charge on any atom is 0.240 e. The number of nitrogens with two attached hydrogens (primary N) is 1. The zero-order chi connectivity index (χ0) is 12.6. The maximum atomic E-state index is 11.4.